The Morgan fingerprint density at radius 1 is 0.897 bits per heavy atom. The minimum atomic E-state index is -0.836. The van der Waals surface area contributed by atoms with Crippen LogP contribution in [0.4, 0.5) is 0 Å². The smallest absolute Gasteiger partial charge is 0.229 e. The Bertz CT molecular complexity index is 712. The molecular weight excluding hydrogens is 370 g/mol. The molecule has 4 aliphatic carbocycles. The Hall–Kier alpha value is -0.690. The first kappa shape index (κ1) is 19.0. The highest BCUT2D eigenvalue weighted by molar-refractivity contribution is 5.88. The number of oxime groups is 1. The van der Waals surface area contributed by atoms with Crippen LogP contribution in [0.15, 0.2) is 5.16 Å². The summed E-state index contributed by atoms with van der Waals surface area (Å²) in [6.07, 6.45) is 9.10. The first-order valence-electron chi connectivity index (χ1n) is 11.8. The largest absolute Gasteiger partial charge is 0.411 e. The van der Waals surface area contributed by atoms with Crippen LogP contribution in [0, 0.1) is 34.5 Å². The van der Waals surface area contributed by atoms with Gasteiger partial charge in [-0.25, -0.2) is 0 Å². The van der Waals surface area contributed by atoms with Crippen molar-refractivity contribution in [1.29, 1.82) is 0 Å². The van der Waals surface area contributed by atoms with Gasteiger partial charge in [-0.05, 0) is 55.3 Å². The Balaban J connectivity index is 1.46. The summed E-state index contributed by atoms with van der Waals surface area (Å²) in [5, 5.41) is 14.0. The number of rotatable bonds is 0. The van der Waals surface area contributed by atoms with Crippen molar-refractivity contribution < 1.29 is 24.2 Å². The Kier molecular flexibility index (Phi) is 4.06. The molecule has 29 heavy (non-hydrogen) atoms. The van der Waals surface area contributed by atoms with E-state index in [1.165, 1.54) is 25.7 Å². The van der Waals surface area contributed by atoms with Gasteiger partial charge >= 0.3 is 0 Å². The Labute approximate surface area is 173 Å². The van der Waals surface area contributed by atoms with E-state index in [0.717, 1.165) is 31.4 Å². The highest BCUT2D eigenvalue weighted by Crippen LogP contribution is 2.72. The summed E-state index contributed by atoms with van der Waals surface area (Å²) in [5.41, 5.74) is 1.15. The van der Waals surface area contributed by atoms with E-state index in [1.54, 1.807) is 0 Å². The van der Waals surface area contributed by atoms with E-state index < -0.39 is 11.6 Å². The molecule has 0 aromatic heterocycles. The van der Waals surface area contributed by atoms with E-state index in [4.69, 9.17) is 18.9 Å². The molecule has 6 atom stereocenters. The molecule has 0 aromatic rings. The van der Waals surface area contributed by atoms with Gasteiger partial charge in [0.1, 0.15) is 0 Å². The van der Waals surface area contributed by atoms with Crippen molar-refractivity contribution in [2.24, 2.45) is 39.7 Å². The lowest BCUT2D eigenvalue weighted by Crippen LogP contribution is -2.70. The second-order valence-corrected chi connectivity index (χ2v) is 10.9. The molecule has 6 rings (SSSR count). The summed E-state index contributed by atoms with van der Waals surface area (Å²) < 4.78 is 25.6. The fourth-order valence-corrected chi connectivity index (χ4v) is 8.80. The first-order chi connectivity index (χ1) is 14.0. The van der Waals surface area contributed by atoms with Crippen LogP contribution >= 0.6 is 0 Å². The number of fused-ring (bicyclic) bond motifs is 5. The normalized spacial score (nSPS) is 57.9. The number of hydrogen-bond donors (Lipinski definition) is 1. The quantitative estimate of drug-likeness (QED) is 0.488. The number of ether oxygens (including phenoxy) is 4. The van der Waals surface area contributed by atoms with Gasteiger partial charge in [0.2, 0.25) is 11.6 Å². The molecule has 2 saturated heterocycles. The third kappa shape index (κ3) is 2.15. The van der Waals surface area contributed by atoms with E-state index in [9.17, 15) is 5.21 Å². The maximum absolute atomic E-state index is 10.1. The standard InChI is InChI=1S/C23H35NO5/c1-20-7-4-3-5-15(20)13-18(24-25)19-16(20)6-8-21(2)17(19)14-22-23(21,28-11-9-26-22)29-12-10-27-22/h15-17,19,25H,3-14H2,1-2H3/t15?,16-,17-,19+,20-,21-,22?,23?/m0/s1. The molecular formula is C23H35NO5. The predicted molar refractivity (Wildman–Crippen MR) is 106 cm³/mol. The summed E-state index contributed by atoms with van der Waals surface area (Å²) in [6.45, 7) is 7.02. The van der Waals surface area contributed by atoms with Crippen LogP contribution in [0.3, 0.4) is 0 Å². The van der Waals surface area contributed by atoms with Crippen LogP contribution in [0.25, 0.3) is 0 Å². The second kappa shape index (κ2) is 6.18. The van der Waals surface area contributed by atoms with Crippen molar-refractivity contribution in [1.82, 2.24) is 0 Å². The average Bonchev–Trinajstić information content (AvgIpc) is 2.99. The van der Waals surface area contributed by atoms with Gasteiger partial charge in [0, 0.05) is 17.8 Å². The average molecular weight is 406 g/mol. The molecule has 6 heteroatoms. The van der Waals surface area contributed by atoms with Crippen LogP contribution in [-0.2, 0) is 18.9 Å². The molecule has 6 aliphatic rings. The minimum Gasteiger partial charge on any atom is -0.411 e. The molecule has 0 bridgehead atoms. The van der Waals surface area contributed by atoms with E-state index in [2.05, 4.69) is 19.0 Å². The van der Waals surface area contributed by atoms with Crippen molar-refractivity contribution in [2.75, 3.05) is 26.4 Å². The molecule has 162 valence electrons. The number of nitrogens with zero attached hydrogens (tertiary/aromatic N) is 1. The summed E-state index contributed by atoms with van der Waals surface area (Å²) in [5.74, 6) is 0.0910. The molecule has 2 heterocycles. The van der Waals surface area contributed by atoms with Gasteiger partial charge < -0.3 is 24.2 Å². The van der Waals surface area contributed by atoms with E-state index in [-0.39, 0.29) is 17.3 Å². The topological polar surface area (TPSA) is 69.5 Å². The predicted octanol–water partition coefficient (Wildman–Crippen LogP) is 3.96. The SMILES string of the molecule is C[C@]12CCCCC1CC(=NO)[C@@H]1[C@@H]2CC[C@@]2(C)[C@H]1CC13OCCOC12OCCO3. The highest BCUT2D eigenvalue weighted by atomic mass is 16.8. The molecule has 1 unspecified atom stereocenters. The lowest BCUT2D eigenvalue weighted by molar-refractivity contribution is -0.474. The summed E-state index contributed by atoms with van der Waals surface area (Å²) in [6, 6.07) is 0. The van der Waals surface area contributed by atoms with Crippen molar-refractivity contribution in [2.45, 2.75) is 76.8 Å². The van der Waals surface area contributed by atoms with Gasteiger partial charge in [-0.3, -0.25) is 0 Å². The van der Waals surface area contributed by atoms with Gasteiger partial charge in [-0.2, -0.15) is 0 Å². The van der Waals surface area contributed by atoms with Crippen molar-refractivity contribution >= 4 is 5.71 Å². The van der Waals surface area contributed by atoms with Gasteiger partial charge in [0.25, 0.3) is 0 Å². The summed E-state index contributed by atoms with van der Waals surface area (Å²) >= 11 is 0. The molecule has 2 aliphatic heterocycles. The lowest BCUT2D eigenvalue weighted by atomic mass is 9.44. The third-order valence-corrected chi connectivity index (χ3v) is 10.1. The van der Waals surface area contributed by atoms with E-state index >= 15 is 0 Å². The van der Waals surface area contributed by atoms with Gasteiger partial charge in [-0.1, -0.05) is 31.8 Å². The molecule has 0 spiro atoms. The van der Waals surface area contributed by atoms with Gasteiger partial charge in [0.05, 0.1) is 32.1 Å². The third-order valence-electron chi connectivity index (χ3n) is 10.1. The van der Waals surface area contributed by atoms with Crippen LogP contribution < -0.4 is 0 Å². The highest BCUT2D eigenvalue weighted by Gasteiger charge is 2.79. The maximum atomic E-state index is 10.1. The zero-order valence-corrected chi connectivity index (χ0v) is 17.8. The lowest BCUT2D eigenvalue weighted by Gasteiger charge is -2.62. The number of hydrogen-bond acceptors (Lipinski definition) is 6. The summed E-state index contributed by atoms with van der Waals surface area (Å²) in [4.78, 5) is 0. The molecule has 6 nitrogen and oxygen atoms in total. The fraction of sp³-hybridized carbons (Fsp3) is 0.957. The zero-order chi connectivity index (χ0) is 19.9. The Morgan fingerprint density at radius 3 is 2.34 bits per heavy atom. The van der Waals surface area contributed by atoms with Crippen LogP contribution in [0.1, 0.15) is 65.2 Å². The molecule has 1 N–H and O–H groups in total. The fourth-order valence-electron chi connectivity index (χ4n) is 8.80. The first-order valence-corrected chi connectivity index (χ1v) is 11.8. The summed E-state index contributed by atoms with van der Waals surface area (Å²) in [7, 11) is 0. The van der Waals surface area contributed by atoms with Gasteiger partial charge in [-0.15, -0.1) is 0 Å². The van der Waals surface area contributed by atoms with Crippen molar-refractivity contribution in [3.8, 4) is 0 Å². The molecule has 0 aromatic carbocycles. The Morgan fingerprint density at radius 2 is 1.62 bits per heavy atom. The van der Waals surface area contributed by atoms with Crippen molar-refractivity contribution in [3.05, 3.63) is 0 Å². The van der Waals surface area contributed by atoms with Gasteiger partial charge in [0.15, 0.2) is 0 Å². The second-order valence-electron chi connectivity index (χ2n) is 10.9. The van der Waals surface area contributed by atoms with E-state index in [0.29, 0.717) is 43.7 Å². The monoisotopic (exact) mass is 405 g/mol. The van der Waals surface area contributed by atoms with Crippen LogP contribution in [0.5, 0.6) is 0 Å². The minimum absolute atomic E-state index is 0.206. The molecule has 0 radical (unpaired) electrons. The molecule has 6 fully saturated rings. The maximum Gasteiger partial charge on any atom is 0.229 e. The van der Waals surface area contributed by atoms with Crippen molar-refractivity contribution in [3.63, 3.8) is 0 Å². The zero-order valence-electron chi connectivity index (χ0n) is 17.8. The van der Waals surface area contributed by atoms with Crippen LogP contribution in [0.2, 0.25) is 0 Å². The molecule has 0 amide bonds. The van der Waals surface area contributed by atoms with E-state index in [1.807, 2.05) is 0 Å². The van der Waals surface area contributed by atoms with Crippen LogP contribution in [-0.4, -0.2) is 48.9 Å². The molecule has 4 saturated carbocycles.